The summed E-state index contributed by atoms with van der Waals surface area (Å²) in [7, 11) is 1.54. The highest BCUT2D eigenvalue weighted by atomic mass is 35.5. The van der Waals surface area contributed by atoms with Crippen LogP contribution in [0.5, 0.6) is 5.75 Å². The van der Waals surface area contributed by atoms with Crippen molar-refractivity contribution in [2.24, 2.45) is 0 Å². The van der Waals surface area contributed by atoms with Gasteiger partial charge in [-0.05, 0) is 18.2 Å². The van der Waals surface area contributed by atoms with Gasteiger partial charge in [0.05, 0.1) is 20.1 Å². The highest BCUT2D eigenvalue weighted by molar-refractivity contribution is 6.30. The van der Waals surface area contributed by atoms with E-state index in [-0.39, 0.29) is 25.5 Å². The molecular formula is C14H18ClNO4. The van der Waals surface area contributed by atoms with Gasteiger partial charge in [-0.2, -0.15) is 0 Å². The van der Waals surface area contributed by atoms with Gasteiger partial charge in [-0.15, -0.1) is 0 Å². The molecule has 0 bridgehead atoms. The fourth-order valence-corrected chi connectivity index (χ4v) is 2.31. The van der Waals surface area contributed by atoms with E-state index >= 15 is 0 Å². The average Bonchev–Trinajstić information content (AvgIpc) is 2.84. The van der Waals surface area contributed by atoms with Crippen LogP contribution in [0, 0.1) is 0 Å². The van der Waals surface area contributed by atoms with Gasteiger partial charge in [0.2, 0.25) is 5.91 Å². The monoisotopic (exact) mass is 299 g/mol. The van der Waals surface area contributed by atoms with Crippen LogP contribution in [0.4, 0.5) is 0 Å². The molecule has 1 unspecified atom stereocenters. The second kappa shape index (κ2) is 6.43. The Morgan fingerprint density at radius 2 is 2.40 bits per heavy atom. The van der Waals surface area contributed by atoms with Crippen LogP contribution in [0.25, 0.3) is 0 Å². The van der Waals surface area contributed by atoms with Crippen LogP contribution in [0.3, 0.4) is 0 Å². The van der Waals surface area contributed by atoms with Crippen LogP contribution < -0.4 is 10.1 Å². The Kier molecular flexibility index (Phi) is 4.86. The maximum absolute atomic E-state index is 11.9. The van der Waals surface area contributed by atoms with Crippen molar-refractivity contribution in [2.45, 2.75) is 18.4 Å². The maximum Gasteiger partial charge on any atom is 0.224 e. The van der Waals surface area contributed by atoms with E-state index in [2.05, 4.69) is 5.32 Å². The molecule has 1 aromatic carbocycles. The van der Waals surface area contributed by atoms with Gasteiger partial charge in [0.25, 0.3) is 0 Å². The molecule has 6 heteroatoms. The molecule has 5 nitrogen and oxygen atoms in total. The fraction of sp³-hybridized carbons (Fsp3) is 0.500. The number of halogens is 1. The summed E-state index contributed by atoms with van der Waals surface area (Å²) in [5.74, 6) is 0.429. The van der Waals surface area contributed by atoms with E-state index in [1.165, 1.54) is 0 Å². The normalized spacial score (nSPS) is 21.8. The maximum atomic E-state index is 11.9. The summed E-state index contributed by atoms with van der Waals surface area (Å²) in [6.45, 7) is 0.969. The number of methoxy groups -OCH3 is 1. The molecule has 2 N–H and O–H groups in total. The summed E-state index contributed by atoms with van der Waals surface area (Å²) in [5, 5.41) is 13.3. The van der Waals surface area contributed by atoms with Gasteiger partial charge in [0, 0.05) is 30.2 Å². The molecule has 0 aromatic heterocycles. The molecule has 1 amide bonds. The number of rotatable bonds is 5. The quantitative estimate of drug-likeness (QED) is 0.856. The Labute approximate surface area is 122 Å². The van der Waals surface area contributed by atoms with Crippen molar-refractivity contribution in [3.05, 3.63) is 28.8 Å². The molecule has 110 valence electrons. The van der Waals surface area contributed by atoms with Gasteiger partial charge >= 0.3 is 0 Å². The topological polar surface area (TPSA) is 67.8 Å². The number of hydrogen-bond acceptors (Lipinski definition) is 4. The lowest BCUT2D eigenvalue weighted by atomic mass is 10.0. The molecule has 20 heavy (non-hydrogen) atoms. The Bertz CT molecular complexity index is 486. The number of nitrogens with one attached hydrogen (secondary N) is 1. The summed E-state index contributed by atoms with van der Waals surface area (Å²) in [4.78, 5) is 11.9. The van der Waals surface area contributed by atoms with E-state index < -0.39 is 5.60 Å². The Morgan fingerprint density at radius 1 is 1.60 bits per heavy atom. The smallest absolute Gasteiger partial charge is 0.224 e. The summed E-state index contributed by atoms with van der Waals surface area (Å²) in [6, 6.07) is 5.14. The predicted octanol–water partition coefficient (Wildman–Crippen LogP) is 1.16. The van der Waals surface area contributed by atoms with Gasteiger partial charge < -0.3 is 19.9 Å². The van der Waals surface area contributed by atoms with Crippen molar-refractivity contribution in [3.63, 3.8) is 0 Å². The number of carbonyl (C=O) groups is 1. The van der Waals surface area contributed by atoms with Crippen molar-refractivity contribution in [3.8, 4) is 5.75 Å². The largest absolute Gasteiger partial charge is 0.496 e. The number of carbonyl (C=O) groups excluding carboxylic acids is 1. The van der Waals surface area contributed by atoms with Crippen LogP contribution in [0.2, 0.25) is 5.02 Å². The highest BCUT2D eigenvalue weighted by Crippen LogP contribution is 2.23. The Hall–Kier alpha value is -1.30. The number of benzene rings is 1. The standard InChI is InChI=1S/C14H18ClNO4/c1-19-12-3-2-11(15)6-10(12)7-13(17)16-8-14(18)4-5-20-9-14/h2-3,6,18H,4-5,7-9H2,1H3,(H,16,17). The van der Waals surface area contributed by atoms with E-state index in [9.17, 15) is 9.90 Å². The number of amides is 1. The predicted molar refractivity (Wildman–Crippen MR) is 75.1 cm³/mol. The molecular weight excluding hydrogens is 282 g/mol. The van der Waals surface area contributed by atoms with Gasteiger partial charge in [0.1, 0.15) is 11.4 Å². The first kappa shape index (κ1) is 15.1. The third-order valence-electron chi connectivity index (χ3n) is 3.29. The second-order valence-corrected chi connectivity index (χ2v) is 5.37. The molecule has 2 rings (SSSR count). The van der Waals surface area contributed by atoms with Gasteiger partial charge in [-0.3, -0.25) is 4.79 Å². The molecule has 1 aliphatic rings. The lowest BCUT2D eigenvalue weighted by Gasteiger charge is -2.20. The molecule has 1 saturated heterocycles. The molecule has 0 spiro atoms. The lowest BCUT2D eigenvalue weighted by Crippen LogP contribution is -2.43. The number of aliphatic hydroxyl groups is 1. The van der Waals surface area contributed by atoms with Crippen molar-refractivity contribution >= 4 is 17.5 Å². The van der Waals surface area contributed by atoms with Crippen LogP contribution in [-0.2, 0) is 16.0 Å². The number of hydrogen-bond donors (Lipinski definition) is 2. The lowest BCUT2D eigenvalue weighted by molar-refractivity contribution is -0.121. The average molecular weight is 300 g/mol. The van der Waals surface area contributed by atoms with E-state index in [0.29, 0.717) is 29.4 Å². The summed E-state index contributed by atoms with van der Waals surface area (Å²) in [5.41, 5.74) is -0.235. The van der Waals surface area contributed by atoms with Gasteiger partial charge in [0.15, 0.2) is 0 Å². The highest BCUT2D eigenvalue weighted by Gasteiger charge is 2.32. The second-order valence-electron chi connectivity index (χ2n) is 4.94. The minimum absolute atomic E-state index is 0.153. The molecule has 0 saturated carbocycles. The van der Waals surface area contributed by atoms with Crippen LogP contribution in [0.15, 0.2) is 18.2 Å². The molecule has 0 aliphatic carbocycles. The first-order valence-corrected chi connectivity index (χ1v) is 6.79. The van der Waals surface area contributed by atoms with Gasteiger partial charge in [-0.1, -0.05) is 11.6 Å². The first-order chi connectivity index (χ1) is 9.52. The summed E-state index contributed by atoms with van der Waals surface area (Å²) >= 11 is 5.92. The van der Waals surface area contributed by atoms with Crippen molar-refractivity contribution in [2.75, 3.05) is 26.9 Å². The van der Waals surface area contributed by atoms with Crippen molar-refractivity contribution < 1.29 is 19.4 Å². The molecule has 1 aliphatic heterocycles. The van der Waals surface area contributed by atoms with E-state index in [1.807, 2.05) is 0 Å². The van der Waals surface area contributed by atoms with Crippen molar-refractivity contribution in [1.82, 2.24) is 5.32 Å². The SMILES string of the molecule is COc1ccc(Cl)cc1CC(=O)NCC1(O)CCOC1. The summed E-state index contributed by atoms with van der Waals surface area (Å²) < 4.78 is 10.3. The third-order valence-corrected chi connectivity index (χ3v) is 3.53. The zero-order chi connectivity index (χ0) is 14.6. The molecule has 1 aromatic rings. The van der Waals surface area contributed by atoms with Crippen LogP contribution >= 0.6 is 11.6 Å². The minimum atomic E-state index is -0.950. The molecule has 0 radical (unpaired) electrons. The molecule has 1 atom stereocenters. The number of ether oxygens (including phenoxy) is 2. The van der Waals surface area contributed by atoms with E-state index in [4.69, 9.17) is 21.1 Å². The van der Waals surface area contributed by atoms with Gasteiger partial charge in [-0.25, -0.2) is 0 Å². The Balaban J connectivity index is 1.92. The zero-order valence-corrected chi connectivity index (χ0v) is 12.1. The van der Waals surface area contributed by atoms with E-state index in [0.717, 1.165) is 0 Å². The van der Waals surface area contributed by atoms with Crippen LogP contribution in [-0.4, -0.2) is 43.5 Å². The third kappa shape index (κ3) is 3.85. The summed E-state index contributed by atoms with van der Waals surface area (Å²) in [6.07, 6.45) is 0.689. The van der Waals surface area contributed by atoms with E-state index in [1.54, 1.807) is 25.3 Å². The van der Waals surface area contributed by atoms with Crippen molar-refractivity contribution in [1.29, 1.82) is 0 Å². The fourth-order valence-electron chi connectivity index (χ4n) is 2.12. The Morgan fingerprint density at radius 3 is 3.05 bits per heavy atom. The zero-order valence-electron chi connectivity index (χ0n) is 11.3. The molecule has 1 fully saturated rings. The van der Waals surface area contributed by atoms with Crippen LogP contribution in [0.1, 0.15) is 12.0 Å². The molecule has 1 heterocycles. The minimum Gasteiger partial charge on any atom is -0.496 e. The first-order valence-electron chi connectivity index (χ1n) is 6.42.